The Labute approximate surface area is 131 Å². The van der Waals surface area contributed by atoms with E-state index in [1.807, 2.05) is 6.92 Å². The lowest BCUT2D eigenvalue weighted by molar-refractivity contribution is -0.137. The number of hydroxylamine groups is 1. The molecular formula is C15H12F3NO3S. The summed E-state index contributed by atoms with van der Waals surface area (Å²) in [4.78, 5) is 5.11. The molecule has 23 heavy (non-hydrogen) atoms. The number of rotatable bonds is 3. The molecule has 1 saturated heterocycles. The zero-order valence-corrected chi connectivity index (χ0v) is 12.7. The van der Waals surface area contributed by atoms with E-state index in [2.05, 4.69) is 0 Å². The van der Waals surface area contributed by atoms with Gasteiger partial charge < -0.3 is 0 Å². The maximum absolute atomic E-state index is 12.5. The van der Waals surface area contributed by atoms with Gasteiger partial charge in [0.05, 0.1) is 10.5 Å². The van der Waals surface area contributed by atoms with Crippen LogP contribution in [0.1, 0.15) is 22.9 Å². The monoisotopic (exact) mass is 343 g/mol. The minimum absolute atomic E-state index is 0.0671. The largest absolute Gasteiger partial charge is 0.416 e. The van der Waals surface area contributed by atoms with Crippen LogP contribution in [0.4, 0.5) is 13.2 Å². The molecule has 1 aliphatic heterocycles. The molecule has 0 saturated carbocycles. The maximum atomic E-state index is 12.5. The SMILES string of the molecule is Cc1ccc(S(=O)(=O)N2O[C@@H]2c2ccc(C(F)(F)F)cc2)cc1. The molecule has 2 atom stereocenters. The number of alkyl halides is 3. The third kappa shape index (κ3) is 3.10. The predicted molar refractivity (Wildman–Crippen MR) is 75.5 cm³/mol. The Kier molecular flexibility index (Phi) is 3.70. The van der Waals surface area contributed by atoms with Crippen LogP contribution in [0.25, 0.3) is 0 Å². The third-order valence-electron chi connectivity index (χ3n) is 3.43. The molecule has 2 aromatic carbocycles. The molecular weight excluding hydrogens is 331 g/mol. The van der Waals surface area contributed by atoms with Gasteiger partial charge in [-0.3, -0.25) is 4.84 Å². The molecule has 1 unspecified atom stereocenters. The summed E-state index contributed by atoms with van der Waals surface area (Å²) in [5.41, 5.74) is 0.457. The van der Waals surface area contributed by atoms with Gasteiger partial charge >= 0.3 is 6.18 Å². The number of aryl methyl sites for hydroxylation is 1. The van der Waals surface area contributed by atoms with Crippen LogP contribution >= 0.6 is 0 Å². The molecule has 1 aliphatic rings. The Morgan fingerprint density at radius 3 is 2.09 bits per heavy atom. The summed E-state index contributed by atoms with van der Waals surface area (Å²) in [7, 11) is -3.83. The fraction of sp³-hybridized carbons (Fsp3) is 0.200. The van der Waals surface area contributed by atoms with Gasteiger partial charge in [-0.05, 0) is 35.7 Å². The molecule has 1 fully saturated rings. The van der Waals surface area contributed by atoms with Crippen LogP contribution < -0.4 is 0 Å². The van der Waals surface area contributed by atoms with E-state index in [1.165, 1.54) is 24.3 Å². The highest BCUT2D eigenvalue weighted by Crippen LogP contribution is 2.42. The highest BCUT2D eigenvalue weighted by molar-refractivity contribution is 7.89. The van der Waals surface area contributed by atoms with Crippen molar-refractivity contribution in [2.45, 2.75) is 24.2 Å². The summed E-state index contributed by atoms with van der Waals surface area (Å²) in [5, 5.41) is 0. The van der Waals surface area contributed by atoms with Crippen LogP contribution in [0.3, 0.4) is 0 Å². The molecule has 8 heteroatoms. The van der Waals surface area contributed by atoms with E-state index < -0.39 is 28.0 Å². The quantitative estimate of drug-likeness (QED) is 0.800. The molecule has 0 N–H and O–H groups in total. The fourth-order valence-electron chi connectivity index (χ4n) is 2.09. The zero-order valence-electron chi connectivity index (χ0n) is 11.9. The van der Waals surface area contributed by atoms with Crippen molar-refractivity contribution in [3.8, 4) is 0 Å². The normalized spacial score (nSPS) is 21.2. The van der Waals surface area contributed by atoms with Crippen LogP contribution in [-0.4, -0.2) is 12.9 Å². The average Bonchev–Trinajstić information content (AvgIpc) is 3.28. The first-order valence-electron chi connectivity index (χ1n) is 6.64. The Morgan fingerprint density at radius 2 is 1.57 bits per heavy atom. The number of halogens is 3. The molecule has 0 aromatic heterocycles. The van der Waals surface area contributed by atoms with Crippen LogP contribution in [0.5, 0.6) is 0 Å². The number of hydrogen-bond donors (Lipinski definition) is 0. The van der Waals surface area contributed by atoms with E-state index in [-0.39, 0.29) is 4.90 Å². The highest BCUT2D eigenvalue weighted by atomic mass is 32.2. The van der Waals surface area contributed by atoms with Gasteiger partial charge in [-0.2, -0.15) is 13.2 Å². The third-order valence-corrected chi connectivity index (χ3v) is 5.05. The first kappa shape index (κ1) is 16.0. The fourth-order valence-corrected chi connectivity index (χ4v) is 3.34. The van der Waals surface area contributed by atoms with E-state index in [4.69, 9.17) is 4.84 Å². The average molecular weight is 343 g/mol. The predicted octanol–water partition coefficient (Wildman–Crippen LogP) is 3.65. The van der Waals surface area contributed by atoms with Gasteiger partial charge in [-0.1, -0.05) is 29.8 Å². The zero-order chi connectivity index (χ0) is 16.8. The van der Waals surface area contributed by atoms with Crippen molar-refractivity contribution in [1.29, 1.82) is 0 Å². The molecule has 1 heterocycles. The van der Waals surface area contributed by atoms with Crippen LogP contribution in [0, 0.1) is 6.92 Å². The smallest absolute Gasteiger partial charge is 0.253 e. The summed E-state index contributed by atoms with van der Waals surface area (Å²) in [6.45, 7) is 1.83. The number of nitrogens with zero attached hydrogens (tertiary/aromatic N) is 1. The molecule has 0 aliphatic carbocycles. The molecule has 0 radical (unpaired) electrons. The molecule has 4 nitrogen and oxygen atoms in total. The topological polar surface area (TPSA) is 49.7 Å². The Morgan fingerprint density at radius 1 is 1.00 bits per heavy atom. The van der Waals surface area contributed by atoms with Gasteiger partial charge in [-0.25, -0.2) is 8.42 Å². The molecule has 122 valence electrons. The van der Waals surface area contributed by atoms with Crippen molar-refractivity contribution in [2.24, 2.45) is 0 Å². The second kappa shape index (κ2) is 5.33. The van der Waals surface area contributed by atoms with Gasteiger partial charge in [0.15, 0.2) is 6.23 Å². The van der Waals surface area contributed by atoms with Crippen molar-refractivity contribution in [3.63, 3.8) is 0 Å². The summed E-state index contributed by atoms with van der Waals surface area (Å²) in [6.07, 6.45) is -5.33. The van der Waals surface area contributed by atoms with E-state index in [9.17, 15) is 21.6 Å². The van der Waals surface area contributed by atoms with Crippen LogP contribution in [-0.2, 0) is 21.0 Å². The van der Waals surface area contributed by atoms with Crippen molar-refractivity contribution >= 4 is 10.0 Å². The molecule has 0 amide bonds. The number of benzene rings is 2. The van der Waals surface area contributed by atoms with Crippen molar-refractivity contribution < 1.29 is 26.4 Å². The Bertz CT molecular complexity index is 815. The second-order valence-corrected chi connectivity index (χ2v) is 6.93. The van der Waals surface area contributed by atoms with Gasteiger partial charge in [-0.15, -0.1) is 0 Å². The van der Waals surface area contributed by atoms with Gasteiger partial charge in [0.1, 0.15) is 0 Å². The maximum Gasteiger partial charge on any atom is 0.416 e. The standard InChI is InChI=1S/C15H12F3NO3S/c1-10-2-8-13(9-3-10)23(20,21)19-14(22-19)11-4-6-12(7-5-11)15(16,17)18/h2-9,14H,1H3/t14-,19?/m1/s1. The molecule has 0 spiro atoms. The lowest BCUT2D eigenvalue weighted by atomic mass is 10.1. The van der Waals surface area contributed by atoms with Crippen molar-refractivity contribution in [2.75, 3.05) is 0 Å². The Balaban J connectivity index is 1.80. The summed E-state index contributed by atoms with van der Waals surface area (Å²) < 4.78 is 63.0. The first-order chi connectivity index (χ1) is 10.7. The van der Waals surface area contributed by atoms with Crippen LogP contribution in [0.2, 0.25) is 0 Å². The van der Waals surface area contributed by atoms with Crippen molar-refractivity contribution in [1.82, 2.24) is 4.47 Å². The summed E-state index contributed by atoms with van der Waals surface area (Å²) >= 11 is 0. The van der Waals surface area contributed by atoms with Gasteiger partial charge in [0.25, 0.3) is 10.0 Å². The minimum atomic E-state index is -4.43. The van der Waals surface area contributed by atoms with Gasteiger partial charge in [0, 0.05) is 5.56 Å². The molecule has 2 aromatic rings. The van der Waals surface area contributed by atoms with Crippen LogP contribution in [0.15, 0.2) is 53.4 Å². The van der Waals surface area contributed by atoms with E-state index >= 15 is 0 Å². The number of sulfonamides is 1. The Hall–Kier alpha value is -1.90. The van der Waals surface area contributed by atoms with E-state index in [0.717, 1.165) is 22.2 Å². The first-order valence-corrected chi connectivity index (χ1v) is 8.08. The minimum Gasteiger partial charge on any atom is -0.253 e. The number of hydrogen-bond acceptors (Lipinski definition) is 3. The van der Waals surface area contributed by atoms with Crippen molar-refractivity contribution in [3.05, 3.63) is 65.2 Å². The lowest BCUT2D eigenvalue weighted by Gasteiger charge is -2.06. The molecule has 3 rings (SSSR count). The molecule has 0 bridgehead atoms. The van der Waals surface area contributed by atoms with E-state index in [0.29, 0.717) is 5.56 Å². The second-order valence-electron chi connectivity index (χ2n) is 5.15. The summed E-state index contributed by atoms with van der Waals surface area (Å²) in [5.74, 6) is 0. The lowest BCUT2D eigenvalue weighted by Crippen LogP contribution is -2.12. The highest BCUT2D eigenvalue weighted by Gasteiger charge is 2.48. The summed E-state index contributed by atoms with van der Waals surface area (Å²) in [6, 6.07) is 10.4. The van der Waals surface area contributed by atoms with Gasteiger partial charge in [0.2, 0.25) is 0 Å². The van der Waals surface area contributed by atoms with E-state index in [1.54, 1.807) is 12.1 Å².